The molecule has 0 heterocycles. The van der Waals surface area contributed by atoms with E-state index in [9.17, 15) is 14.4 Å². The van der Waals surface area contributed by atoms with Gasteiger partial charge in [0.2, 0.25) is 0 Å². The molecule has 164 valence electrons. The van der Waals surface area contributed by atoms with E-state index in [1.807, 2.05) is 30.3 Å². The highest BCUT2D eigenvalue weighted by atomic mass is 16.5. The van der Waals surface area contributed by atoms with Gasteiger partial charge >= 0.3 is 5.97 Å². The summed E-state index contributed by atoms with van der Waals surface area (Å²) in [6.07, 6.45) is 0. The summed E-state index contributed by atoms with van der Waals surface area (Å²) in [5.41, 5.74) is 2.00. The van der Waals surface area contributed by atoms with Gasteiger partial charge in [-0.05, 0) is 42.5 Å². The van der Waals surface area contributed by atoms with E-state index in [2.05, 4.69) is 5.32 Å². The third kappa shape index (κ3) is 6.18. The van der Waals surface area contributed by atoms with E-state index in [4.69, 9.17) is 9.47 Å². The quantitative estimate of drug-likeness (QED) is 0.548. The fraction of sp³-hybridized carbons (Fsp3) is 0.160. The van der Waals surface area contributed by atoms with Gasteiger partial charge in [-0.25, -0.2) is 4.79 Å². The molecule has 3 aromatic carbocycles. The van der Waals surface area contributed by atoms with Crippen molar-refractivity contribution >= 4 is 23.5 Å². The number of hydrogen-bond donors (Lipinski definition) is 1. The highest BCUT2D eigenvalue weighted by Gasteiger charge is 2.15. The molecule has 7 heteroatoms. The van der Waals surface area contributed by atoms with Crippen LogP contribution in [0.4, 0.5) is 5.69 Å². The maximum atomic E-state index is 12.5. The molecule has 0 bridgehead atoms. The lowest BCUT2D eigenvalue weighted by Gasteiger charge is -2.12. The maximum Gasteiger partial charge on any atom is 0.339 e. The molecule has 0 fully saturated rings. The van der Waals surface area contributed by atoms with E-state index in [1.165, 1.54) is 4.90 Å². The van der Waals surface area contributed by atoms with Crippen molar-refractivity contribution in [3.63, 3.8) is 0 Å². The van der Waals surface area contributed by atoms with Gasteiger partial charge in [-0.3, -0.25) is 9.59 Å². The number of carbonyl (C=O) groups excluding carboxylic acids is 3. The second-order valence-corrected chi connectivity index (χ2v) is 7.16. The average molecular weight is 432 g/mol. The van der Waals surface area contributed by atoms with Crippen molar-refractivity contribution in [3.05, 3.63) is 95.6 Å². The number of amides is 2. The SMILES string of the molecule is CN(C)C(=O)c1ccc(NC(=O)COC(=O)c2ccccc2COc2ccccc2)cc1. The molecule has 0 aromatic heterocycles. The molecule has 1 N–H and O–H groups in total. The second-order valence-electron chi connectivity index (χ2n) is 7.16. The number of hydrogen-bond acceptors (Lipinski definition) is 5. The monoisotopic (exact) mass is 432 g/mol. The number of nitrogens with zero attached hydrogens (tertiary/aromatic N) is 1. The van der Waals surface area contributed by atoms with Gasteiger partial charge in [0, 0.05) is 30.9 Å². The van der Waals surface area contributed by atoms with Gasteiger partial charge in [0.25, 0.3) is 11.8 Å². The Kier molecular flexibility index (Phi) is 7.59. The van der Waals surface area contributed by atoms with E-state index in [0.717, 1.165) is 0 Å². The van der Waals surface area contributed by atoms with E-state index in [1.54, 1.807) is 62.6 Å². The van der Waals surface area contributed by atoms with Crippen molar-refractivity contribution in [2.75, 3.05) is 26.0 Å². The number of ether oxygens (including phenoxy) is 2. The van der Waals surface area contributed by atoms with Crippen LogP contribution < -0.4 is 10.1 Å². The Balaban J connectivity index is 1.54. The average Bonchev–Trinajstić information content (AvgIpc) is 2.82. The van der Waals surface area contributed by atoms with Crippen LogP contribution in [0.2, 0.25) is 0 Å². The van der Waals surface area contributed by atoms with Crippen molar-refractivity contribution in [2.24, 2.45) is 0 Å². The van der Waals surface area contributed by atoms with Crippen molar-refractivity contribution < 1.29 is 23.9 Å². The Labute approximate surface area is 186 Å². The highest BCUT2D eigenvalue weighted by Crippen LogP contribution is 2.16. The summed E-state index contributed by atoms with van der Waals surface area (Å²) in [4.78, 5) is 38.1. The molecule has 0 spiro atoms. The minimum atomic E-state index is -0.612. The van der Waals surface area contributed by atoms with Gasteiger partial charge < -0.3 is 19.7 Å². The van der Waals surface area contributed by atoms with E-state index in [0.29, 0.717) is 28.1 Å². The summed E-state index contributed by atoms with van der Waals surface area (Å²) >= 11 is 0. The summed E-state index contributed by atoms with van der Waals surface area (Å²) in [6, 6.07) is 22.7. The third-order valence-corrected chi connectivity index (χ3v) is 4.53. The van der Waals surface area contributed by atoms with E-state index < -0.39 is 18.5 Å². The number of carbonyl (C=O) groups is 3. The first kappa shape index (κ1) is 22.6. The first-order valence-electron chi connectivity index (χ1n) is 9.98. The minimum Gasteiger partial charge on any atom is -0.489 e. The van der Waals surface area contributed by atoms with Crippen LogP contribution in [-0.4, -0.2) is 43.4 Å². The number of anilines is 1. The summed E-state index contributed by atoms with van der Waals surface area (Å²) in [5.74, 6) is -0.539. The van der Waals surface area contributed by atoms with Crippen LogP contribution in [0.3, 0.4) is 0 Å². The number of rotatable bonds is 8. The summed E-state index contributed by atoms with van der Waals surface area (Å²) in [6.45, 7) is -0.245. The predicted molar refractivity (Wildman–Crippen MR) is 121 cm³/mol. The molecule has 0 saturated heterocycles. The van der Waals surface area contributed by atoms with Gasteiger partial charge in [-0.15, -0.1) is 0 Å². The Hall–Kier alpha value is -4.13. The standard InChI is InChI=1S/C25H24N2O5/c1-27(2)24(29)18-12-14-20(15-13-18)26-23(28)17-32-25(30)22-11-7-6-8-19(22)16-31-21-9-4-3-5-10-21/h3-15H,16-17H2,1-2H3,(H,26,28). The molecule has 7 nitrogen and oxygen atoms in total. The largest absolute Gasteiger partial charge is 0.489 e. The Morgan fingerprint density at radius 2 is 1.50 bits per heavy atom. The van der Waals surface area contributed by atoms with Crippen molar-refractivity contribution in [1.82, 2.24) is 4.90 Å². The van der Waals surface area contributed by atoms with Gasteiger partial charge in [-0.1, -0.05) is 36.4 Å². The molecule has 0 radical (unpaired) electrons. The molecule has 32 heavy (non-hydrogen) atoms. The summed E-state index contributed by atoms with van der Waals surface area (Å²) < 4.78 is 10.9. The molecule has 2 amide bonds. The zero-order chi connectivity index (χ0) is 22.9. The lowest BCUT2D eigenvalue weighted by Crippen LogP contribution is -2.22. The van der Waals surface area contributed by atoms with Crippen LogP contribution in [0.5, 0.6) is 5.75 Å². The number of benzene rings is 3. The fourth-order valence-corrected chi connectivity index (χ4v) is 2.88. The molecule has 0 aliphatic rings. The second kappa shape index (κ2) is 10.8. The first-order chi connectivity index (χ1) is 15.4. The normalized spacial score (nSPS) is 10.2. The van der Waals surface area contributed by atoms with Crippen LogP contribution in [0.1, 0.15) is 26.3 Å². The lowest BCUT2D eigenvalue weighted by atomic mass is 10.1. The molecular formula is C25H24N2O5. The number of esters is 1. The molecule has 0 saturated carbocycles. The van der Waals surface area contributed by atoms with Gasteiger partial charge in [0.15, 0.2) is 6.61 Å². The van der Waals surface area contributed by atoms with Crippen LogP contribution >= 0.6 is 0 Å². The van der Waals surface area contributed by atoms with Crippen LogP contribution in [-0.2, 0) is 16.1 Å². The smallest absolute Gasteiger partial charge is 0.339 e. The zero-order valence-electron chi connectivity index (χ0n) is 17.9. The molecular weight excluding hydrogens is 408 g/mol. The first-order valence-corrected chi connectivity index (χ1v) is 9.98. The van der Waals surface area contributed by atoms with Crippen LogP contribution in [0.15, 0.2) is 78.9 Å². The predicted octanol–water partition coefficient (Wildman–Crippen LogP) is 3.76. The zero-order valence-corrected chi connectivity index (χ0v) is 17.9. The van der Waals surface area contributed by atoms with Gasteiger partial charge in [-0.2, -0.15) is 0 Å². The van der Waals surface area contributed by atoms with Gasteiger partial charge in [0.05, 0.1) is 5.56 Å². The number of nitrogens with one attached hydrogen (secondary N) is 1. The summed E-state index contributed by atoms with van der Waals surface area (Å²) in [7, 11) is 3.33. The highest BCUT2D eigenvalue weighted by molar-refractivity contribution is 5.97. The summed E-state index contributed by atoms with van der Waals surface area (Å²) in [5, 5.41) is 2.64. The minimum absolute atomic E-state index is 0.133. The Bertz CT molecular complexity index is 1080. The van der Waals surface area contributed by atoms with Crippen molar-refractivity contribution in [2.45, 2.75) is 6.61 Å². The van der Waals surface area contributed by atoms with Gasteiger partial charge in [0.1, 0.15) is 12.4 Å². The molecule has 0 unspecified atom stereocenters. The molecule has 3 rings (SSSR count). The lowest BCUT2D eigenvalue weighted by molar-refractivity contribution is -0.119. The Morgan fingerprint density at radius 1 is 0.844 bits per heavy atom. The molecule has 0 atom stereocenters. The van der Waals surface area contributed by atoms with E-state index >= 15 is 0 Å². The Morgan fingerprint density at radius 3 is 2.19 bits per heavy atom. The van der Waals surface area contributed by atoms with Crippen molar-refractivity contribution in [1.29, 1.82) is 0 Å². The van der Waals surface area contributed by atoms with E-state index in [-0.39, 0.29) is 12.5 Å². The van der Waals surface area contributed by atoms with Crippen LogP contribution in [0.25, 0.3) is 0 Å². The molecule has 3 aromatic rings. The third-order valence-electron chi connectivity index (χ3n) is 4.53. The molecule has 0 aliphatic carbocycles. The maximum absolute atomic E-state index is 12.5. The fourth-order valence-electron chi connectivity index (χ4n) is 2.88. The topological polar surface area (TPSA) is 84.9 Å². The van der Waals surface area contributed by atoms with Crippen LogP contribution in [0, 0.1) is 0 Å². The number of para-hydroxylation sites is 1. The van der Waals surface area contributed by atoms with Crippen molar-refractivity contribution in [3.8, 4) is 5.75 Å². The molecule has 0 aliphatic heterocycles.